The molecular weight excluding hydrogens is 217 g/mol. The van der Waals surface area contributed by atoms with E-state index in [4.69, 9.17) is 23.2 Å². The summed E-state index contributed by atoms with van der Waals surface area (Å²) in [5.41, 5.74) is 0. The van der Waals surface area contributed by atoms with Crippen LogP contribution in [0.3, 0.4) is 0 Å². The number of aromatic amines is 1. The predicted octanol–water partition coefficient (Wildman–Crippen LogP) is 0.358. The largest absolute Gasteiger partial charge is 0.242 e. The third-order valence-corrected chi connectivity index (χ3v) is 1.46. The minimum Gasteiger partial charge on any atom is -0.194 e. The fourth-order valence-corrected chi connectivity index (χ4v) is 1.05. The Bertz CT molecular complexity index is 392. The fourth-order valence-electron chi connectivity index (χ4n) is 0.682. The summed E-state index contributed by atoms with van der Waals surface area (Å²) in [5.74, 6) is 0.393. The monoisotopic (exact) mass is 217 g/mol. The molecule has 0 atom stereocenters. The first-order valence-corrected chi connectivity index (χ1v) is 3.82. The molecule has 0 fully saturated rings. The van der Waals surface area contributed by atoms with Gasteiger partial charge in [0.15, 0.2) is 0 Å². The first-order valence-electron chi connectivity index (χ1n) is 3.06. The summed E-state index contributed by atoms with van der Waals surface area (Å²) in [7, 11) is 0. The van der Waals surface area contributed by atoms with Crippen molar-refractivity contribution < 1.29 is 0 Å². The molecule has 0 spiro atoms. The number of nitrogens with zero attached hydrogens (tertiary/aromatic N) is 6. The lowest BCUT2D eigenvalue weighted by Gasteiger charge is -1.93. The van der Waals surface area contributed by atoms with Crippen LogP contribution in [0, 0.1) is 0 Å². The quantitative estimate of drug-likeness (QED) is 0.742. The minimum atomic E-state index is -0.0141. The van der Waals surface area contributed by atoms with Crippen LogP contribution in [0.4, 0.5) is 0 Å². The second kappa shape index (κ2) is 3.19. The van der Waals surface area contributed by atoms with E-state index in [0.717, 1.165) is 0 Å². The molecule has 0 unspecified atom stereocenters. The zero-order valence-corrected chi connectivity index (χ0v) is 7.45. The maximum atomic E-state index is 5.53. The van der Waals surface area contributed by atoms with E-state index in [9.17, 15) is 0 Å². The molecule has 0 aliphatic heterocycles. The Morgan fingerprint density at radius 1 is 0.923 bits per heavy atom. The van der Waals surface area contributed by atoms with E-state index < -0.39 is 0 Å². The molecule has 2 rings (SSSR count). The van der Waals surface area contributed by atoms with Crippen molar-refractivity contribution >= 4 is 23.2 Å². The Morgan fingerprint density at radius 3 is 2.15 bits per heavy atom. The van der Waals surface area contributed by atoms with Crippen LogP contribution in [0.25, 0.3) is 11.6 Å². The highest BCUT2D eigenvalue weighted by molar-refractivity contribution is 6.31. The van der Waals surface area contributed by atoms with Crippen molar-refractivity contribution in [2.75, 3.05) is 0 Å². The van der Waals surface area contributed by atoms with Crippen molar-refractivity contribution in [3.63, 3.8) is 0 Å². The van der Waals surface area contributed by atoms with Gasteiger partial charge in [-0.05, 0) is 28.4 Å². The zero-order valence-electron chi connectivity index (χ0n) is 5.94. The molecule has 2 heterocycles. The van der Waals surface area contributed by atoms with Gasteiger partial charge in [0, 0.05) is 0 Å². The molecule has 0 aliphatic rings. The van der Waals surface area contributed by atoms with Crippen LogP contribution in [0.15, 0.2) is 0 Å². The van der Waals surface area contributed by atoms with Crippen molar-refractivity contribution in [1.82, 2.24) is 35.6 Å². The smallest absolute Gasteiger partial charge is 0.194 e. The summed E-state index contributed by atoms with van der Waals surface area (Å²) in [6.07, 6.45) is 0. The van der Waals surface area contributed by atoms with E-state index in [1.165, 1.54) is 0 Å². The predicted molar refractivity (Wildman–Crippen MR) is 43.0 cm³/mol. The summed E-state index contributed by atoms with van der Waals surface area (Å²) >= 11 is 11.1. The first-order chi connectivity index (χ1) is 6.25. The third-order valence-electron chi connectivity index (χ3n) is 1.13. The highest BCUT2D eigenvalue weighted by Gasteiger charge is 2.09. The molecule has 66 valence electrons. The molecule has 9 heteroatoms. The van der Waals surface area contributed by atoms with E-state index in [0.29, 0.717) is 0 Å². The molecule has 0 radical (unpaired) electrons. The third kappa shape index (κ3) is 1.70. The van der Waals surface area contributed by atoms with Crippen LogP contribution in [-0.2, 0) is 0 Å². The molecular formula is C4HCl2N7. The van der Waals surface area contributed by atoms with Gasteiger partial charge in [-0.1, -0.05) is 0 Å². The van der Waals surface area contributed by atoms with Crippen LogP contribution in [0.5, 0.6) is 0 Å². The average Bonchev–Trinajstić information content (AvgIpc) is 2.53. The molecule has 1 N–H and O–H groups in total. The van der Waals surface area contributed by atoms with Gasteiger partial charge in [-0.2, -0.15) is 20.2 Å². The molecule has 0 saturated carbocycles. The van der Waals surface area contributed by atoms with E-state index in [-0.39, 0.29) is 22.2 Å². The first kappa shape index (κ1) is 8.27. The van der Waals surface area contributed by atoms with Gasteiger partial charge in [-0.15, -0.1) is 10.2 Å². The van der Waals surface area contributed by atoms with Gasteiger partial charge in [0.05, 0.1) is 0 Å². The highest BCUT2D eigenvalue weighted by Crippen LogP contribution is 2.12. The topological polar surface area (TPSA) is 93.1 Å². The van der Waals surface area contributed by atoms with Crippen molar-refractivity contribution in [1.29, 1.82) is 0 Å². The van der Waals surface area contributed by atoms with Crippen molar-refractivity contribution in [3.05, 3.63) is 10.6 Å². The zero-order chi connectivity index (χ0) is 9.26. The Morgan fingerprint density at radius 2 is 1.62 bits per heavy atom. The summed E-state index contributed by atoms with van der Waals surface area (Å²) in [6.45, 7) is 0. The number of rotatable bonds is 1. The number of hydrogen-bond donors (Lipinski definition) is 1. The van der Waals surface area contributed by atoms with Crippen LogP contribution in [-0.4, -0.2) is 35.6 Å². The van der Waals surface area contributed by atoms with Gasteiger partial charge in [0.1, 0.15) is 0 Å². The van der Waals surface area contributed by atoms with Crippen LogP contribution < -0.4 is 0 Å². The molecule has 0 aromatic carbocycles. The number of halogens is 2. The van der Waals surface area contributed by atoms with E-state index in [1.54, 1.807) is 0 Å². The van der Waals surface area contributed by atoms with Gasteiger partial charge < -0.3 is 0 Å². The Kier molecular flexibility index (Phi) is 2.03. The lowest BCUT2D eigenvalue weighted by molar-refractivity contribution is 0.881. The van der Waals surface area contributed by atoms with Crippen LogP contribution in [0.1, 0.15) is 0 Å². The van der Waals surface area contributed by atoms with Gasteiger partial charge in [-0.25, -0.2) is 0 Å². The van der Waals surface area contributed by atoms with Crippen molar-refractivity contribution in [3.8, 4) is 11.6 Å². The molecule has 13 heavy (non-hydrogen) atoms. The van der Waals surface area contributed by atoms with E-state index >= 15 is 0 Å². The normalized spacial score (nSPS) is 10.3. The van der Waals surface area contributed by atoms with Gasteiger partial charge in [-0.3, -0.25) is 0 Å². The Hall–Kier alpha value is -1.34. The Labute approximate surface area is 81.5 Å². The van der Waals surface area contributed by atoms with Crippen molar-refractivity contribution in [2.24, 2.45) is 0 Å². The van der Waals surface area contributed by atoms with E-state index in [1.807, 2.05) is 0 Å². The lowest BCUT2D eigenvalue weighted by Crippen LogP contribution is -1.95. The standard InChI is InChI=1S/C4HCl2N7/c5-3-7-1(8-4(6)9-3)2-10-12-13-11-2/h(H,10,11,12,13). The SMILES string of the molecule is Clc1nc(Cl)nc(-c2nn[nH]n2)n1. The highest BCUT2D eigenvalue weighted by atomic mass is 35.5. The molecule has 0 saturated heterocycles. The molecule has 2 aromatic heterocycles. The summed E-state index contributed by atoms with van der Waals surface area (Å²) in [5, 5.41) is 12.9. The molecule has 0 bridgehead atoms. The number of nitrogens with one attached hydrogen (secondary N) is 1. The average molecular weight is 218 g/mol. The fraction of sp³-hybridized carbons (Fsp3) is 0. The number of hydrogen-bond acceptors (Lipinski definition) is 6. The second-order valence-corrected chi connectivity index (χ2v) is 2.61. The van der Waals surface area contributed by atoms with Crippen molar-refractivity contribution in [2.45, 2.75) is 0 Å². The van der Waals surface area contributed by atoms with Gasteiger partial charge >= 0.3 is 0 Å². The Balaban J connectivity index is 2.53. The second-order valence-electron chi connectivity index (χ2n) is 1.93. The molecule has 7 nitrogen and oxygen atoms in total. The molecule has 2 aromatic rings. The number of aromatic nitrogens is 7. The summed E-state index contributed by atoms with van der Waals surface area (Å²) in [4.78, 5) is 11.1. The maximum Gasteiger partial charge on any atom is 0.242 e. The van der Waals surface area contributed by atoms with Gasteiger partial charge in [0.2, 0.25) is 22.2 Å². The number of H-pyrrole nitrogens is 1. The number of tetrazole rings is 1. The maximum absolute atomic E-state index is 5.53. The van der Waals surface area contributed by atoms with Crippen LogP contribution >= 0.6 is 23.2 Å². The lowest BCUT2D eigenvalue weighted by atomic mass is 10.6. The summed E-state index contributed by atoms with van der Waals surface area (Å²) in [6, 6.07) is 0. The van der Waals surface area contributed by atoms with Crippen LogP contribution in [0.2, 0.25) is 10.6 Å². The minimum absolute atomic E-state index is 0.0141. The molecule has 0 aliphatic carbocycles. The molecule has 0 amide bonds. The summed E-state index contributed by atoms with van der Waals surface area (Å²) < 4.78 is 0. The van der Waals surface area contributed by atoms with E-state index in [2.05, 4.69) is 35.6 Å². The van der Waals surface area contributed by atoms with Gasteiger partial charge in [0.25, 0.3) is 0 Å².